The molecule has 0 spiro atoms. The van der Waals surface area contributed by atoms with E-state index >= 15 is 0 Å². The molecule has 28 heavy (non-hydrogen) atoms. The second kappa shape index (κ2) is 7.13. The Morgan fingerprint density at radius 3 is 2.21 bits per heavy atom. The quantitative estimate of drug-likeness (QED) is 0.658. The minimum atomic E-state index is -0.825. The van der Waals surface area contributed by atoms with Crippen molar-refractivity contribution in [2.45, 2.75) is 64.1 Å². The van der Waals surface area contributed by atoms with Crippen molar-refractivity contribution in [2.75, 3.05) is 0 Å². The number of benzene rings is 2. The first-order valence-corrected chi connectivity index (χ1v) is 10.4. The van der Waals surface area contributed by atoms with Crippen molar-refractivity contribution in [3.63, 3.8) is 0 Å². The molecule has 2 saturated heterocycles. The molecule has 0 radical (unpaired) electrons. The van der Waals surface area contributed by atoms with Crippen molar-refractivity contribution in [1.82, 2.24) is 0 Å². The van der Waals surface area contributed by atoms with Gasteiger partial charge in [0.1, 0.15) is 17.6 Å². The molecule has 2 heterocycles. The van der Waals surface area contributed by atoms with Gasteiger partial charge in [0.15, 0.2) is 11.6 Å². The number of fused-ring (bicyclic) bond motifs is 2. The van der Waals surface area contributed by atoms with E-state index in [1.165, 1.54) is 0 Å². The third-order valence-electron chi connectivity index (χ3n) is 6.25. The van der Waals surface area contributed by atoms with Crippen molar-refractivity contribution >= 4 is 23.2 Å². The fourth-order valence-electron chi connectivity index (χ4n) is 4.66. The van der Waals surface area contributed by atoms with Crippen LogP contribution in [0.4, 0.5) is 0 Å². The maximum Gasteiger partial charge on any atom is 0.179 e. The molecule has 3 atom stereocenters. The lowest BCUT2D eigenvalue weighted by molar-refractivity contribution is -0.160. The predicted octanol–water partition coefficient (Wildman–Crippen LogP) is 5.30. The Kier molecular flexibility index (Phi) is 4.93. The largest absolute Gasteiger partial charge is 0.356 e. The standard InChI is InChI=1S/C24H25ClO3/c1-4-14-12-17(16-6-8-18(25)9-7-16)13-15(5-2)20(14)21-22(26)19-10-11-24(3,28-19)23(21)27/h6-9,12-13,19,21H,4-5,10-11H2,1-3H3. The van der Waals surface area contributed by atoms with Gasteiger partial charge in [-0.05, 0) is 72.6 Å². The fraction of sp³-hybridized carbons (Fsp3) is 0.417. The normalized spacial score (nSPS) is 26.7. The van der Waals surface area contributed by atoms with Crippen LogP contribution in [-0.4, -0.2) is 23.3 Å². The lowest BCUT2D eigenvalue weighted by Crippen LogP contribution is -2.49. The Balaban J connectivity index is 1.86. The minimum absolute atomic E-state index is 0.0661. The first-order chi connectivity index (χ1) is 13.4. The zero-order valence-corrected chi connectivity index (χ0v) is 17.3. The van der Waals surface area contributed by atoms with Crippen molar-refractivity contribution in [2.24, 2.45) is 0 Å². The van der Waals surface area contributed by atoms with Crippen molar-refractivity contribution in [3.8, 4) is 11.1 Å². The molecule has 0 aliphatic carbocycles. The third kappa shape index (κ3) is 3.01. The van der Waals surface area contributed by atoms with E-state index in [1.807, 2.05) is 31.2 Å². The molecule has 0 saturated carbocycles. The molecule has 2 aromatic carbocycles. The van der Waals surface area contributed by atoms with Gasteiger partial charge in [0.05, 0.1) is 0 Å². The monoisotopic (exact) mass is 396 g/mol. The number of ketones is 2. The summed E-state index contributed by atoms with van der Waals surface area (Å²) >= 11 is 6.03. The number of halogens is 1. The number of hydrogen-bond donors (Lipinski definition) is 0. The smallest absolute Gasteiger partial charge is 0.179 e. The van der Waals surface area contributed by atoms with E-state index in [2.05, 4.69) is 26.0 Å². The van der Waals surface area contributed by atoms with Crippen molar-refractivity contribution in [1.29, 1.82) is 0 Å². The van der Waals surface area contributed by atoms with Gasteiger partial charge in [0.2, 0.25) is 0 Å². The molecule has 3 unspecified atom stereocenters. The molecule has 3 nitrogen and oxygen atoms in total. The molecule has 2 aliphatic rings. The first-order valence-electron chi connectivity index (χ1n) is 10.1. The highest BCUT2D eigenvalue weighted by Gasteiger charge is 2.56. The van der Waals surface area contributed by atoms with Crippen LogP contribution in [0.2, 0.25) is 5.02 Å². The summed E-state index contributed by atoms with van der Waals surface area (Å²) in [5.74, 6) is -0.839. The van der Waals surface area contributed by atoms with Crippen molar-refractivity contribution < 1.29 is 14.3 Å². The minimum Gasteiger partial charge on any atom is -0.356 e. The highest BCUT2D eigenvalue weighted by atomic mass is 35.5. The van der Waals surface area contributed by atoms with Crippen LogP contribution < -0.4 is 0 Å². The number of Topliss-reactive ketones (excluding diaryl/α,β-unsaturated/α-hetero) is 2. The Morgan fingerprint density at radius 2 is 1.64 bits per heavy atom. The van der Waals surface area contributed by atoms with Crippen LogP contribution >= 0.6 is 11.6 Å². The van der Waals surface area contributed by atoms with Gasteiger partial charge < -0.3 is 4.74 Å². The molecule has 146 valence electrons. The summed E-state index contributed by atoms with van der Waals surface area (Å²) in [5, 5.41) is 0.703. The number of ether oxygens (including phenoxy) is 1. The van der Waals surface area contributed by atoms with E-state index in [0.717, 1.165) is 40.7 Å². The molecule has 0 amide bonds. The Hall–Kier alpha value is -1.97. The van der Waals surface area contributed by atoms with Crippen LogP contribution in [-0.2, 0) is 27.2 Å². The van der Waals surface area contributed by atoms with E-state index in [9.17, 15) is 9.59 Å². The first kappa shape index (κ1) is 19.4. The van der Waals surface area contributed by atoms with Gasteiger partial charge in [0, 0.05) is 5.02 Å². The van der Waals surface area contributed by atoms with Gasteiger partial charge in [-0.2, -0.15) is 0 Å². The molecule has 0 N–H and O–H groups in total. The number of aryl methyl sites for hydroxylation is 2. The lowest BCUT2D eigenvalue weighted by Gasteiger charge is -2.35. The van der Waals surface area contributed by atoms with Crippen LogP contribution in [0.15, 0.2) is 36.4 Å². The Labute approximate surface area is 171 Å². The second-order valence-corrected chi connectivity index (χ2v) is 8.43. The molecule has 0 aromatic heterocycles. The lowest BCUT2D eigenvalue weighted by atomic mass is 9.76. The van der Waals surface area contributed by atoms with Gasteiger partial charge in [0.25, 0.3) is 0 Å². The van der Waals surface area contributed by atoms with Gasteiger partial charge in [-0.3, -0.25) is 9.59 Å². The zero-order chi connectivity index (χ0) is 20.1. The van der Waals surface area contributed by atoms with E-state index in [1.54, 1.807) is 0 Å². The van der Waals surface area contributed by atoms with E-state index in [-0.39, 0.29) is 11.6 Å². The average molecular weight is 397 g/mol. The van der Waals surface area contributed by atoms with E-state index in [0.29, 0.717) is 17.9 Å². The summed E-state index contributed by atoms with van der Waals surface area (Å²) in [7, 11) is 0. The summed E-state index contributed by atoms with van der Waals surface area (Å²) < 4.78 is 5.80. The topological polar surface area (TPSA) is 43.4 Å². The number of hydrogen-bond acceptors (Lipinski definition) is 3. The molecular weight excluding hydrogens is 372 g/mol. The maximum absolute atomic E-state index is 13.3. The van der Waals surface area contributed by atoms with Crippen LogP contribution in [0, 0.1) is 0 Å². The van der Waals surface area contributed by atoms with Crippen LogP contribution in [0.3, 0.4) is 0 Å². The molecule has 4 rings (SSSR count). The number of rotatable bonds is 4. The summed E-state index contributed by atoms with van der Waals surface area (Å²) in [6.07, 6.45) is 2.36. The number of carbonyl (C=O) groups excluding carboxylic acids is 2. The highest BCUT2D eigenvalue weighted by molar-refractivity contribution is 6.30. The molecule has 2 aromatic rings. The van der Waals surface area contributed by atoms with E-state index in [4.69, 9.17) is 16.3 Å². The number of carbonyl (C=O) groups is 2. The van der Waals surface area contributed by atoms with Gasteiger partial charge in [-0.25, -0.2) is 0 Å². The van der Waals surface area contributed by atoms with Gasteiger partial charge in [-0.15, -0.1) is 0 Å². The van der Waals surface area contributed by atoms with Gasteiger partial charge in [-0.1, -0.05) is 49.7 Å². The zero-order valence-electron chi connectivity index (χ0n) is 16.5. The second-order valence-electron chi connectivity index (χ2n) is 8.00. The maximum atomic E-state index is 13.3. The predicted molar refractivity (Wildman–Crippen MR) is 111 cm³/mol. The molecular formula is C24H25ClO3. The molecule has 4 heteroatoms. The fourth-order valence-corrected chi connectivity index (χ4v) is 4.78. The highest BCUT2D eigenvalue weighted by Crippen LogP contribution is 2.45. The van der Waals surface area contributed by atoms with Gasteiger partial charge >= 0.3 is 0 Å². The summed E-state index contributed by atoms with van der Waals surface area (Å²) in [4.78, 5) is 26.4. The van der Waals surface area contributed by atoms with E-state index < -0.39 is 17.6 Å². The van der Waals surface area contributed by atoms with Crippen LogP contribution in [0.5, 0.6) is 0 Å². The Bertz CT molecular complexity index is 922. The average Bonchev–Trinajstić information content (AvgIpc) is 3.08. The SMILES string of the molecule is CCc1cc(-c2ccc(Cl)cc2)cc(CC)c1C1C(=O)C2CCC(C)(O2)C1=O. The molecule has 2 aliphatic heterocycles. The summed E-state index contributed by atoms with van der Waals surface area (Å²) in [6.45, 7) is 6.00. The molecule has 2 bridgehead atoms. The summed E-state index contributed by atoms with van der Waals surface area (Å²) in [5.41, 5.74) is 4.40. The summed E-state index contributed by atoms with van der Waals surface area (Å²) in [6, 6.07) is 12.0. The molecule has 2 fully saturated rings. The van der Waals surface area contributed by atoms with Crippen LogP contribution in [0.1, 0.15) is 56.2 Å². The third-order valence-corrected chi connectivity index (χ3v) is 6.50. The Morgan fingerprint density at radius 1 is 1.04 bits per heavy atom. The van der Waals surface area contributed by atoms with Crippen molar-refractivity contribution in [3.05, 3.63) is 58.1 Å². The van der Waals surface area contributed by atoms with Crippen LogP contribution in [0.25, 0.3) is 11.1 Å².